The lowest BCUT2D eigenvalue weighted by Gasteiger charge is -2.11. The lowest BCUT2D eigenvalue weighted by molar-refractivity contribution is -0.445. The molecule has 0 unspecified atom stereocenters. The van der Waals surface area contributed by atoms with Crippen molar-refractivity contribution in [2.45, 2.75) is 19.8 Å². The minimum Gasteiger partial charge on any atom is -0.356 e. The van der Waals surface area contributed by atoms with Crippen molar-refractivity contribution in [1.82, 2.24) is 35.0 Å². The van der Waals surface area contributed by atoms with E-state index in [1.165, 1.54) is 6.92 Å². The SMILES string of the molecule is CC(=O)NCCC[N+](=C1C=CC=CC1)c1cc(-c2c[nH]c3ncc(-c4cnn(C)c4)cc23)nc(N)n1. The Hall–Kier alpha value is -4.60. The quantitative estimate of drug-likeness (QED) is 0.274. The summed E-state index contributed by atoms with van der Waals surface area (Å²) in [4.78, 5) is 28.3. The second-order valence-corrected chi connectivity index (χ2v) is 8.67. The third kappa shape index (κ3) is 4.92. The molecule has 1 aliphatic carbocycles. The molecule has 0 bridgehead atoms. The highest BCUT2D eigenvalue weighted by Crippen LogP contribution is 2.31. The van der Waals surface area contributed by atoms with Crippen molar-refractivity contribution in [2.75, 3.05) is 18.8 Å². The van der Waals surface area contributed by atoms with Gasteiger partial charge >= 0.3 is 11.8 Å². The second-order valence-electron chi connectivity index (χ2n) is 8.67. The summed E-state index contributed by atoms with van der Waals surface area (Å²) in [7, 11) is 1.89. The number of anilines is 1. The van der Waals surface area contributed by atoms with E-state index in [9.17, 15) is 4.79 Å². The smallest absolute Gasteiger partial charge is 0.336 e. The average molecular weight is 483 g/mol. The zero-order valence-corrected chi connectivity index (χ0v) is 20.3. The Morgan fingerprint density at radius 3 is 2.86 bits per heavy atom. The van der Waals surface area contributed by atoms with Crippen molar-refractivity contribution in [3.8, 4) is 22.4 Å². The fourth-order valence-electron chi connectivity index (χ4n) is 4.28. The van der Waals surface area contributed by atoms with Gasteiger partial charge in [-0.15, -0.1) is 0 Å². The first kappa shape index (κ1) is 23.2. The number of aryl methyl sites for hydroxylation is 1. The maximum Gasteiger partial charge on any atom is 0.336 e. The molecule has 0 saturated heterocycles. The molecule has 1 amide bonds. The van der Waals surface area contributed by atoms with E-state index < -0.39 is 0 Å². The van der Waals surface area contributed by atoms with E-state index in [0.29, 0.717) is 24.6 Å². The standard InChI is InChI=1S/C26H27N9O/c1-17(36)28-9-6-10-35(20-7-4-3-5-8-20)24-12-23(32-26(27)33-24)22-15-30-25-21(22)11-18(13-29-25)19-14-31-34(2)16-19/h3-5,7,11-16H,6,8-10H2,1-2H3,(H3-,27,28,29,30,32,33,36)/p+1. The summed E-state index contributed by atoms with van der Waals surface area (Å²) in [6, 6.07) is 4.03. The van der Waals surface area contributed by atoms with Crippen molar-refractivity contribution in [2.24, 2.45) is 7.05 Å². The summed E-state index contributed by atoms with van der Waals surface area (Å²) >= 11 is 0. The number of nitrogens with two attached hydrogens (primary N) is 1. The summed E-state index contributed by atoms with van der Waals surface area (Å²) in [5.74, 6) is 0.860. The van der Waals surface area contributed by atoms with E-state index in [1.807, 2.05) is 50.1 Å². The Balaban J connectivity index is 1.55. The van der Waals surface area contributed by atoms with Gasteiger partial charge in [-0.05, 0) is 17.1 Å². The topological polar surface area (TPSA) is 130 Å². The second kappa shape index (κ2) is 9.95. The summed E-state index contributed by atoms with van der Waals surface area (Å²) in [6.07, 6.45) is 17.2. The van der Waals surface area contributed by atoms with E-state index in [1.54, 1.807) is 4.68 Å². The van der Waals surface area contributed by atoms with Gasteiger partial charge in [0.2, 0.25) is 5.91 Å². The molecule has 1 aliphatic rings. The highest BCUT2D eigenvalue weighted by atomic mass is 16.1. The third-order valence-electron chi connectivity index (χ3n) is 5.99. The van der Waals surface area contributed by atoms with Crippen molar-refractivity contribution < 1.29 is 9.37 Å². The first-order valence-corrected chi connectivity index (χ1v) is 11.8. The molecule has 0 saturated carbocycles. The number of fused-ring (bicyclic) bond motifs is 1. The number of H-pyrrole nitrogens is 1. The molecular weight excluding hydrogens is 454 g/mol. The van der Waals surface area contributed by atoms with Gasteiger partial charge in [-0.3, -0.25) is 9.48 Å². The molecule has 4 N–H and O–H groups in total. The number of rotatable bonds is 7. The van der Waals surface area contributed by atoms with E-state index in [-0.39, 0.29) is 11.9 Å². The predicted octanol–water partition coefficient (Wildman–Crippen LogP) is 3.13. The maximum atomic E-state index is 11.3. The minimum absolute atomic E-state index is 0.0399. The Kier molecular flexibility index (Phi) is 6.40. The Labute approximate surface area is 208 Å². The molecule has 10 heteroatoms. The van der Waals surface area contributed by atoms with Crippen LogP contribution in [0.15, 0.2) is 61.2 Å². The summed E-state index contributed by atoms with van der Waals surface area (Å²) in [6.45, 7) is 2.77. The van der Waals surface area contributed by atoms with Gasteiger partial charge in [-0.25, -0.2) is 9.56 Å². The number of pyridine rings is 1. The number of allylic oxidation sites excluding steroid dienone is 4. The zero-order valence-electron chi connectivity index (χ0n) is 20.3. The van der Waals surface area contributed by atoms with Gasteiger partial charge in [0.25, 0.3) is 0 Å². The molecule has 10 nitrogen and oxygen atoms in total. The predicted molar refractivity (Wildman–Crippen MR) is 140 cm³/mol. The van der Waals surface area contributed by atoms with Gasteiger partial charge in [0.1, 0.15) is 11.4 Å². The molecule has 182 valence electrons. The summed E-state index contributed by atoms with van der Waals surface area (Å²) in [5, 5.41) is 8.07. The number of nitrogens with one attached hydrogen (secondary N) is 2. The molecule has 36 heavy (non-hydrogen) atoms. The van der Waals surface area contributed by atoms with Crippen LogP contribution < -0.4 is 11.1 Å². The normalized spacial score (nSPS) is 14.4. The van der Waals surface area contributed by atoms with Crippen LogP contribution in [0.25, 0.3) is 33.4 Å². The Morgan fingerprint density at radius 1 is 1.22 bits per heavy atom. The van der Waals surface area contributed by atoms with Crippen molar-refractivity contribution in [3.63, 3.8) is 0 Å². The highest BCUT2D eigenvalue weighted by Gasteiger charge is 2.21. The van der Waals surface area contributed by atoms with E-state index in [0.717, 1.165) is 46.3 Å². The van der Waals surface area contributed by atoms with Gasteiger partial charge in [0.05, 0.1) is 24.5 Å². The molecule has 0 radical (unpaired) electrons. The van der Waals surface area contributed by atoms with Crippen LogP contribution in [0.1, 0.15) is 19.8 Å². The number of carbonyl (C=O) groups is 1. The number of aromatic amines is 1. The molecule has 0 aromatic carbocycles. The van der Waals surface area contributed by atoms with Crippen molar-refractivity contribution in [3.05, 3.63) is 61.2 Å². The van der Waals surface area contributed by atoms with Crippen LogP contribution in [-0.2, 0) is 11.8 Å². The van der Waals surface area contributed by atoms with Gasteiger partial charge in [0, 0.05) is 74.0 Å². The fraction of sp³-hybridized carbons (Fsp3) is 0.231. The average Bonchev–Trinajstić information content (AvgIpc) is 3.50. The van der Waals surface area contributed by atoms with Crippen LogP contribution in [-0.4, -0.2) is 59.0 Å². The summed E-state index contributed by atoms with van der Waals surface area (Å²) in [5.41, 5.74) is 11.6. The molecule has 5 rings (SSSR count). The Bertz CT molecular complexity index is 1520. The molecule has 4 aromatic rings. The van der Waals surface area contributed by atoms with E-state index in [4.69, 9.17) is 5.73 Å². The number of nitrogens with zero attached hydrogens (tertiary/aromatic N) is 6. The minimum atomic E-state index is -0.0399. The first-order valence-electron chi connectivity index (χ1n) is 11.8. The van der Waals surface area contributed by atoms with Gasteiger partial charge < -0.3 is 16.0 Å². The van der Waals surface area contributed by atoms with Crippen LogP contribution in [0.5, 0.6) is 0 Å². The lowest BCUT2D eigenvalue weighted by atomic mass is 10.1. The number of hydrogen-bond donors (Lipinski definition) is 3. The number of nitrogen functional groups attached to an aromatic ring is 1. The molecular formula is C26H28N9O+. The zero-order chi connectivity index (χ0) is 25.1. The van der Waals surface area contributed by atoms with Crippen molar-refractivity contribution >= 4 is 34.4 Å². The van der Waals surface area contributed by atoms with Gasteiger partial charge in [0.15, 0.2) is 0 Å². The third-order valence-corrected chi connectivity index (χ3v) is 5.99. The molecule has 0 aliphatic heterocycles. The highest BCUT2D eigenvalue weighted by molar-refractivity contribution is 5.96. The van der Waals surface area contributed by atoms with Gasteiger partial charge in [-0.1, -0.05) is 18.2 Å². The number of amides is 1. The lowest BCUT2D eigenvalue weighted by Crippen LogP contribution is -2.25. The maximum absolute atomic E-state index is 11.3. The largest absolute Gasteiger partial charge is 0.356 e. The number of carbonyl (C=O) groups excluding carboxylic acids is 1. The van der Waals surface area contributed by atoms with E-state index >= 15 is 0 Å². The van der Waals surface area contributed by atoms with Crippen LogP contribution in [0.4, 0.5) is 11.8 Å². The summed E-state index contributed by atoms with van der Waals surface area (Å²) < 4.78 is 3.90. The molecule has 0 atom stereocenters. The van der Waals surface area contributed by atoms with Crippen LogP contribution in [0, 0.1) is 0 Å². The molecule has 0 fully saturated rings. The number of hydrogen-bond acceptors (Lipinski definition) is 6. The van der Waals surface area contributed by atoms with Crippen LogP contribution in [0.2, 0.25) is 0 Å². The first-order chi connectivity index (χ1) is 17.5. The molecule has 4 aromatic heterocycles. The van der Waals surface area contributed by atoms with Crippen molar-refractivity contribution in [1.29, 1.82) is 0 Å². The molecule has 4 heterocycles. The monoisotopic (exact) mass is 482 g/mol. The fourth-order valence-corrected chi connectivity index (χ4v) is 4.28. The number of aromatic nitrogens is 6. The van der Waals surface area contributed by atoms with Crippen LogP contribution >= 0.6 is 0 Å². The Morgan fingerprint density at radius 2 is 2.11 bits per heavy atom. The van der Waals surface area contributed by atoms with Gasteiger partial charge in [-0.2, -0.15) is 10.1 Å². The molecule has 0 spiro atoms. The van der Waals surface area contributed by atoms with E-state index in [2.05, 4.69) is 53.1 Å². The van der Waals surface area contributed by atoms with Crippen LogP contribution in [0.3, 0.4) is 0 Å².